The van der Waals surface area contributed by atoms with E-state index in [2.05, 4.69) is 0 Å². The molecule has 8 nitrogen and oxygen atoms in total. The summed E-state index contributed by atoms with van der Waals surface area (Å²) in [6, 6.07) is 19.5. The normalized spacial score (nSPS) is 13.3. The summed E-state index contributed by atoms with van der Waals surface area (Å²) in [7, 11) is 1.54. The van der Waals surface area contributed by atoms with E-state index < -0.39 is 11.7 Å². The van der Waals surface area contributed by atoms with E-state index in [1.54, 1.807) is 30.2 Å². The highest BCUT2D eigenvalue weighted by Crippen LogP contribution is 2.27. The number of nitrogens with zero attached hydrogens (tertiary/aromatic N) is 4. The zero-order valence-electron chi connectivity index (χ0n) is 22.1. The molecule has 37 heavy (non-hydrogen) atoms. The Morgan fingerprint density at radius 2 is 1.59 bits per heavy atom. The van der Waals surface area contributed by atoms with E-state index in [0.29, 0.717) is 30.0 Å². The van der Waals surface area contributed by atoms with Gasteiger partial charge in [0.1, 0.15) is 18.0 Å². The van der Waals surface area contributed by atoms with Crippen LogP contribution in [0.3, 0.4) is 0 Å². The second-order valence-corrected chi connectivity index (χ2v) is 10.4. The van der Waals surface area contributed by atoms with Gasteiger partial charge in [0.05, 0.1) is 18.3 Å². The third-order valence-electron chi connectivity index (χ3n) is 6.36. The molecule has 0 spiro atoms. The minimum atomic E-state index is -0.642. The van der Waals surface area contributed by atoms with E-state index in [0.717, 1.165) is 11.1 Å². The third kappa shape index (κ3) is 5.90. The Hall–Kier alpha value is -3.94. The van der Waals surface area contributed by atoms with Crippen molar-refractivity contribution in [3.63, 3.8) is 0 Å². The smallest absolute Gasteiger partial charge is 0.410 e. The molecule has 2 amide bonds. The van der Waals surface area contributed by atoms with Crippen LogP contribution in [0.4, 0.5) is 4.79 Å². The number of carbonyl (C=O) groups is 2. The number of hydrogen-bond donors (Lipinski definition) is 0. The van der Waals surface area contributed by atoms with Crippen molar-refractivity contribution in [2.75, 3.05) is 20.1 Å². The van der Waals surface area contributed by atoms with Gasteiger partial charge in [-0.25, -0.2) is 9.78 Å². The minimum absolute atomic E-state index is 0.0850. The summed E-state index contributed by atoms with van der Waals surface area (Å²) in [5, 5.41) is 0. The number of hydrogen-bond acceptors (Lipinski definition) is 5. The van der Waals surface area contributed by atoms with E-state index in [4.69, 9.17) is 9.72 Å². The molecule has 0 fully saturated rings. The molecule has 0 N–H and O–H groups in total. The minimum Gasteiger partial charge on any atom is -0.444 e. The van der Waals surface area contributed by atoms with Gasteiger partial charge in [0, 0.05) is 19.2 Å². The molecule has 2 heterocycles. The fraction of sp³-hybridized carbons (Fsp3) is 0.379. The number of likely N-dealkylation sites (N-methyl/N-ethyl adjacent to an activating group) is 1. The zero-order valence-corrected chi connectivity index (χ0v) is 22.1. The van der Waals surface area contributed by atoms with Crippen molar-refractivity contribution >= 4 is 12.0 Å². The highest BCUT2D eigenvalue weighted by atomic mass is 16.6. The van der Waals surface area contributed by atoms with Crippen LogP contribution in [0.15, 0.2) is 65.5 Å². The lowest BCUT2D eigenvalue weighted by Gasteiger charge is -2.31. The third-order valence-corrected chi connectivity index (χ3v) is 6.36. The van der Waals surface area contributed by atoms with Crippen LogP contribution in [0.2, 0.25) is 0 Å². The predicted molar refractivity (Wildman–Crippen MR) is 141 cm³/mol. The lowest BCUT2D eigenvalue weighted by molar-refractivity contribution is -0.133. The number of carbonyl (C=O) groups excluding carboxylic acids is 2. The van der Waals surface area contributed by atoms with Gasteiger partial charge in [0.2, 0.25) is 5.91 Å². The molecule has 3 aromatic rings. The van der Waals surface area contributed by atoms with E-state index in [-0.39, 0.29) is 30.6 Å². The Balaban J connectivity index is 1.61. The van der Waals surface area contributed by atoms with E-state index in [1.165, 1.54) is 11.9 Å². The van der Waals surface area contributed by atoms with Crippen molar-refractivity contribution in [3.8, 4) is 0 Å². The summed E-state index contributed by atoms with van der Waals surface area (Å²) in [5.74, 6) is 0.371. The van der Waals surface area contributed by atoms with E-state index in [1.807, 2.05) is 67.6 Å². The standard InChI is InChI=1S/C29H34N4O4/c1-20-30-24-18-32(25(34)19-31(5)28(36)37-29(2,3)4)17-16-23(24)27(35)33(20)26(21-12-8-6-9-13-21)22-14-10-7-11-15-22/h6-15,26H,16-19H2,1-5H3. The molecule has 1 aliphatic rings. The largest absolute Gasteiger partial charge is 0.444 e. The van der Waals surface area contributed by atoms with Gasteiger partial charge in [0.25, 0.3) is 5.56 Å². The van der Waals surface area contributed by atoms with Gasteiger partial charge in [-0.2, -0.15) is 0 Å². The molecular formula is C29H34N4O4. The lowest BCUT2D eigenvalue weighted by atomic mass is 9.97. The van der Waals surface area contributed by atoms with Crippen molar-refractivity contribution in [3.05, 3.63) is 99.2 Å². The number of amides is 2. The van der Waals surface area contributed by atoms with Gasteiger partial charge in [-0.3, -0.25) is 14.2 Å². The van der Waals surface area contributed by atoms with E-state index in [9.17, 15) is 14.4 Å². The number of ether oxygens (including phenoxy) is 1. The van der Waals surface area contributed by atoms with Crippen LogP contribution in [-0.4, -0.2) is 57.1 Å². The van der Waals surface area contributed by atoms with Gasteiger partial charge in [0.15, 0.2) is 0 Å². The molecule has 0 radical (unpaired) electrons. The summed E-state index contributed by atoms with van der Waals surface area (Å²) in [6.45, 7) is 7.68. The summed E-state index contributed by atoms with van der Waals surface area (Å²) in [5.41, 5.74) is 2.51. The second-order valence-electron chi connectivity index (χ2n) is 10.4. The molecular weight excluding hydrogens is 468 g/mol. The SMILES string of the molecule is Cc1nc2c(c(=O)n1C(c1ccccc1)c1ccccc1)CCN(C(=O)CN(C)C(=O)OC(C)(C)C)C2. The molecule has 0 aliphatic carbocycles. The fourth-order valence-electron chi connectivity index (χ4n) is 4.61. The Morgan fingerprint density at radius 3 is 2.14 bits per heavy atom. The van der Waals surface area contributed by atoms with Gasteiger partial charge in [-0.1, -0.05) is 60.7 Å². The van der Waals surface area contributed by atoms with Crippen LogP contribution in [0.5, 0.6) is 0 Å². The first kappa shape index (κ1) is 26.1. The zero-order chi connectivity index (χ0) is 26.7. The maximum atomic E-state index is 13.8. The number of rotatable bonds is 5. The van der Waals surface area contributed by atoms with Crippen LogP contribution in [0.25, 0.3) is 0 Å². The first-order chi connectivity index (χ1) is 17.5. The molecule has 1 aromatic heterocycles. The fourth-order valence-corrected chi connectivity index (χ4v) is 4.61. The van der Waals surface area contributed by atoms with Crippen LogP contribution >= 0.6 is 0 Å². The Kier molecular flexibility index (Phi) is 7.47. The topological polar surface area (TPSA) is 84.7 Å². The quantitative estimate of drug-likeness (QED) is 0.528. The van der Waals surface area contributed by atoms with Gasteiger partial charge >= 0.3 is 6.09 Å². The van der Waals surface area contributed by atoms with Crippen molar-refractivity contribution in [2.24, 2.45) is 0 Å². The molecule has 4 rings (SSSR count). The lowest BCUT2D eigenvalue weighted by Crippen LogP contribution is -2.46. The van der Waals surface area contributed by atoms with Crippen LogP contribution in [0, 0.1) is 6.92 Å². The summed E-state index contributed by atoms with van der Waals surface area (Å²) < 4.78 is 7.10. The Labute approximate surface area is 217 Å². The first-order valence-corrected chi connectivity index (χ1v) is 12.5. The first-order valence-electron chi connectivity index (χ1n) is 12.5. The van der Waals surface area contributed by atoms with Gasteiger partial charge in [-0.15, -0.1) is 0 Å². The molecule has 8 heteroatoms. The molecule has 0 saturated carbocycles. The van der Waals surface area contributed by atoms with Crippen molar-refractivity contribution in [1.82, 2.24) is 19.4 Å². The van der Waals surface area contributed by atoms with Crippen molar-refractivity contribution in [1.29, 1.82) is 0 Å². The highest BCUT2D eigenvalue weighted by molar-refractivity contribution is 5.82. The molecule has 0 bridgehead atoms. The van der Waals surface area contributed by atoms with Gasteiger partial charge < -0.3 is 14.5 Å². The molecule has 1 aliphatic heterocycles. The summed E-state index contributed by atoms with van der Waals surface area (Å²) in [4.78, 5) is 46.8. The number of aryl methyl sites for hydroxylation is 1. The molecule has 0 atom stereocenters. The average Bonchev–Trinajstić information content (AvgIpc) is 2.86. The van der Waals surface area contributed by atoms with Crippen molar-refractivity contribution < 1.29 is 14.3 Å². The predicted octanol–water partition coefficient (Wildman–Crippen LogP) is 3.94. The van der Waals surface area contributed by atoms with Crippen LogP contribution < -0.4 is 5.56 Å². The second kappa shape index (κ2) is 10.6. The maximum Gasteiger partial charge on any atom is 0.410 e. The number of fused-ring (bicyclic) bond motifs is 1. The van der Waals surface area contributed by atoms with Crippen LogP contribution in [0.1, 0.15) is 55.0 Å². The van der Waals surface area contributed by atoms with E-state index >= 15 is 0 Å². The number of aromatic nitrogens is 2. The molecule has 194 valence electrons. The monoisotopic (exact) mass is 502 g/mol. The van der Waals surface area contributed by atoms with Gasteiger partial charge in [-0.05, 0) is 45.2 Å². The Bertz CT molecular complexity index is 1290. The summed E-state index contributed by atoms with van der Waals surface area (Å²) >= 11 is 0. The molecule has 0 unspecified atom stereocenters. The molecule has 0 saturated heterocycles. The Morgan fingerprint density at radius 1 is 1.03 bits per heavy atom. The maximum absolute atomic E-state index is 13.8. The van der Waals surface area contributed by atoms with Crippen molar-refractivity contribution in [2.45, 2.75) is 52.3 Å². The average molecular weight is 503 g/mol. The number of benzene rings is 2. The summed E-state index contributed by atoms with van der Waals surface area (Å²) in [6.07, 6.45) is -0.150. The molecule has 2 aromatic carbocycles. The highest BCUT2D eigenvalue weighted by Gasteiger charge is 2.30. The van der Waals surface area contributed by atoms with Crippen LogP contribution in [-0.2, 0) is 22.5 Å².